The number of aliphatic hydroxyl groups is 1. The smallest absolute Gasteiger partial charge is 0.0746 e. The zero-order chi connectivity index (χ0) is 9.26. The van der Waals surface area contributed by atoms with Gasteiger partial charge in [-0.25, -0.2) is 0 Å². The molecule has 2 atom stereocenters. The lowest BCUT2D eigenvalue weighted by Gasteiger charge is -2.14. The van der Waals surface area contributed by atoms with Gasteiger partial charge in [-0.05, 0) is 6.07 Å². The van der Waals surface area contributed by atoms with Crippen molar-refractivity contribution in [1.29, 1.82) is 0 Å². The lowest BCUT2D eigenvalue weighted by Crippen LogP contribution is -2.17. The Bertz CT molecular complexity index is 303. The minimum absolute atomic E-state index is 0.0914. The van der Waals surface area contributed by atoms with Crippen LogP contribution in [0.5, 0.6) is 0 Å². The molecule has 1 fully saturated rings. The van der Waals surface area contributed by atoms with E-state index in [9.17, 15) is 5.11 Å². The van der Waals surface area contributed by atoms with Gasteiger partial charge in [0.05, 0.1) is 6.10 Å². The molecule has 1 aliphatic heterocycles. The average molecular weight is 179 g/mol. The molecule has 1 saturated heterocycles. The molecule has 2 unspecified atom stereocenters. The summed E-state index contributed by atoms with van der Waals surface area (Å²) in [7, 11) is 0. The molecule has 70 valence electrons. The van der Waals surface area contributed by atoms with Gasteiger partial charge in [-0.1, -0.05) is 0 Å². The average Bonchev–Trinajstić information content (AvgIpc) is 2.52. The van der Waals surface area contributed by atoms with Crippen molar-refractivity contribution < 1.29 is 5.11 Å². The second-order valence-corrected chi connectivity index (χ2v) is 3.34. The van der Waals surface area contributed by atoms with Crippen LogP contribution >= 0.6 is 0 Å². The van der Waals surface area contributed by atoms with Crippen molar-refractivity contribution in [3.8, 4) is 0 Å². The fourth-order valence-corrected chi connectivity index (χ4v) is 1.71. The first-order valence-electron chi connectivity index (χ1n) is 4.37. The van der Waals surface area contributed by atoms with E-state index < -0.39 is 0 Å². The van der Waals surface area contributed by atoms with Gasteiger partial charge in [-0.3, -0.25) is 4.98 Å². The monoisotopic (exact) mass is 179 g/mol. The molecule has 4 nitrogen and oxygen atoms in total. The fraction of sp³-hybridized carbons (Fsp3) is 0.444. The second kappa shape index (κ2) is 3.32. The van der Waals surface area contributed by atoms with Gasteiger partial charge in [-0.15, -0.1) is 0 Å². The predicted molar refractivity (Wildman–Crippen MR) is 50.3 cm³/mol. The van der Waals surface area contributed by atoms with E-state index in [1.807, 2.05) is 0 Å². The molecule has 1 aromatic heterocycles. The van der Waals surface area contributed by atoms with E-state index in [0.717, 1.165) is 12.1 Å². The van der Waals surface area contributed by atoms with Gasteiger partial charge in [0.2, 0.25) is 0 Å². The van der Waals surface area contributed by atoms with Crippen molar-refractivity contribution in [1.82, 2.24) is 10.3 Å². The number of nitrogen functional groups attached to an aromatic ring is 1. The maximum Gasteiger partial charge on any atom is 0.0746 e. The Morgan fingerprint density at radius 2 is 2.38 bits per heavy atom. The third kappa shape index (κ3) is 1.50. The first-order chi connectivity index (χ1) is 6.29. The maximum atomic E-state index is 9.62. The highest BCUT2D eigenvalue weighted by Crippen LogP contribution is 2.26. The number of aliphatic hydroxyl groups excluding tert-OH is 1. The van der Waals surface area contributed by atoms with Crippen LogP contribution in [0.1, 0.15) is 11.5 Å². The molecule has 4 N–H and O–H groups in total. The number of pyridine rings is 1. The van der Waals surface area contributed by atoms with Crippen LogP contribution in [0.15, 0.2) is 18.5 Å². The second-order valence-electron chi connectivity index (χ2n) is 3.34. The van der Waals surface area contributed by atoms with E-state index in [1.54, 1.807) is 18.5 Å². The summed E-state index contributed by atoms with van der Waals surface area (Å²) in [6.07, 6.45) is 3.05. The van der Waals surface area contributed by atoms with Crippen molar-refractivity contribution in [2.24, 2.45) is 0 Å². The SMILES string of the molecule is Nc1ccncc1C1CNCC1O. The van der Waals surface area contributed by atoms with E-state index in [0.29, 0.717) is 12.2 Å². The molecule has 1 aliphatic rings. The molecule has 2 heterocycles. The normalized spacial score (nSPS) is 27.8. The van der Waals surface area contributed by atoms with E-state index in [-0.39, 0.29) is 12.0 Å². The first kappa shape index (κ1) is 8.47. The third-order valence-corrected chi connectivity index (χ3v) is 2.47. The van der Waals surface area contributed by atoms with E-state index in [2.05, 4.69) is 10.3 Å². The lowest BCUT2D eigenvalue weighted by atomic mass is 9.96. The van der Waals surface area contributed by atoms with Gasteiger partial charge in [-0.2, -0.15) is 0 Å². The molecule has 13 heavy (non-hydrogen) atoms. The van der Waals surface area contributed by atoms with Crippen molar-refractivity contribution in [3.05, 3.63) is 24.0 Å². The Morgan fingerprint density at radius 3 is 3.00 bits per heavy atom. The largest absolute Gasteiger partial charge is 0.398 e. The zero-order valence-corrected chi connectivity index (χ0v) is 7.27. The van der Waals surface area contributed by atoms with Gasteiger partial charge >= 0.3 is 0 Å². The molecule has 0 spiro atoms. The van der Waals surface area contributed by atoms with Crippen LogP contribution in [-0.2, 0) is 0 Å². The Kier molecular flexibility index (Phi) is 2.16. The van der Waals surface area contributed by atoms with Crippen molar-refractivity contribution in [2.45, 2.75) is 12.0 Å². The Morgan fingerprint density at radius 1 is 1.54 bits per heavy atom. The van der Waals surface area contributed by atoms with Gasteiger partial charge in [0.1, 0.15) is 0 Å². The molecule has 2 rings (SSSR count). The maximum absolute atomic E-state index is 9.62. The van der Waals surface area contributed by atoms with Gasteiger partial charge in [0, 0.05) is 42.7 Å². The molecule has 0 aromatic carbocycles. The van der Waals surface area contributed by atoms with Crippen molar-refractivity contribution in [3.63, 3.8) is 0 Å². The molecular formula is C9H13N3O. The summed E-state index contributed by atoms with van der Waals surface area (Å²) < 4.78 is 0. The van der Waals surface area contributed by atoms with Crippen LogP contribution in [0, 0.1) is 0 Å². The number of β-amino-alcohol motifs (C(OH)–C–C–N with tert-alkyl or cyclic N) is 1. The first-order valence-corrected chi connectivity index (χ1v) is 4.37. The lowest BCUT2D eigenvalue weighted by molar-refractivity contribution is 0.178. The highest BCUT2D eigenvalue weighted by atomic mass is 16.3. The number of nitrogens with two attached hydrogens (primary N) is 1. The summed E-state index contributed by atoms with van der Waals surface area (Å²) >= 11 is 0. The number of aromatic nitrogens is 1. The highest BCUT2D eigenvalue weighted by Gasteiger charge is 2.27. The molecule has 4 heteroatoms. The summed E-state index contributed by atoms with van der Waals surface area (Å²) in [5.74, 6) is 0.0914. The summed E-state index contributed by atoms with van der Waals surface area (Å²) in [5.41, 5.74) is 7.44. The molecule has 0 radical (unpaired) electrons. The molecular weight excluding hydrogens is 166 g/mol. The molecule has 0 saturated carbocycles. The van der Waals surface area contributed by atoms with Crippen LogP contribution in [0.4, 0.5) is 5.69 Å². The van der Waals surface area contributed by atoms with E-state index in [1.165, 1.54) is 0 Å². The van der Waals surface area contributed by atoms with Crippen LogP contribution in [0.3, 0.4) is 0 Å². The number of nitrogens with one attached hydrogen (secondary N) is 1. The number of rotatable bonds is 1. The predicted octanol–water partition coefficient (Wildman–Crippen LogP) is -0.289. The number of hydrogen-bond donors (Lipinski definition) is 3. The molecule has 1 aromatic rings. The van der Waals surface area contributed by atoms with Gasteiger partial charge < -0.3 is 16.2 Å². The number of hydrogen-bond acceptors (Lipinski definition) is 4. The summed E-state index contributed by atoms with van der Waals surface area (Å²) in [6, 6.07) is 1.76. The molecule has 0 aliphatic carbocycles. The van der Waals surface area contributed by atoms with E-state index >= 15 is 0 Å². The number of nitrogens with zero attached hydrogens (tertiary/aromatic N) is 1. The molecule has 0 amide bonds. The van der Waals surface area contributed by atoms with E-state index in [4.69, 9.17) is 5.73 Å². The fourth-order valence-electron chi connectivity index (χ4n) is 1.71. The van der Waals surface area contributed by atoms with Crippen molar-refractivity contribution >= 4 is 5.69 Å². The van der Waals surface area contributed by atoms with Crippen LogP contribution < -0.4 is 11.1 Å². The third-order valence-electron chi connectivity index (χ3n) is 2.47. The molecule has 0 bridgehead atoms. The number of anilines is 1. The van der Waals surface area contributed by atoms with Crippen LogP contribution in [0.2, 0.25) is 0 Å². The summed E-state index contributed by atoms with van der Waals surface area (Å²) in [6.45, 7) is 1.41. The summed E-state index contributed by atoms with van der Waals surface area (Å²) in [5, 5.41) is 12.7. The Labute approximate surface area is 76.8 Å². The zero-order valence-electron chi connectivity index (χ0n) is 7.27. The highest BCUT2D eigenvalue weighted by molar-refractivity contribution is 5.47. The van der Waals surface area contributed by atoms with Gasteiger partial charge in [0.15, 0.2) is 0 Å². The topological polar surface area (TPSA) is 71.2 Å². The van der Waals surface area contributed by atoms with Crippen LogP contribution in [-0.4, -0.2) is 29.3 Å². The Hall–Kier alpha value is -1.13. The minimum atomic E-state index is -0.341. The van der Waals surface area contributed by atoms with Crippen LogP contribution in [0.25, 0.3) is 0 Å². The quantitative estimate of drug-likeness (QED) is 0.554. The van der Waals surface area contributed by atoms with Crippen molar-refractivity contribution in [2.75, 3.05) is 18.8 Å². The Balaban J connectivity index is 2.29. The minimum Gasteiger partial charge on any atom is -0.398 e. The summed E-state index contributed by atoms with van der Waals surface area (Å²) in [4.78, 5) is 4.01. The van der Waals surface area contributed by atoms with Gasteiger partial charge in [0.25, 0.3) is 0 Å². The standard InChI is InChI=1S/C9H13N3O/c10-8-1-2-11-3-6(8)7-4-12-5-9(7)13/h1-3,7,9,12-13H,4-5H2,(H2,10,11).